The lowest BCUT2D eigenvalue weighted by molar-refractivity contribution is 0.00989. The van der Waals surface area contributed by atoms with Gasteiger partial charge in [-0.1, -0.05) is 6.07 Å². The van der Waals surface area contributed by atoms with E-state index >= 15 is 0 Å². The topological polar surface area (TPSA) is 55.3 Å². The van der Waals surface area contributed by atoms with Crippen molar-refractivity contribution in [2.45, 2.75) is 38.8 Å². The van der Waals surface area contributed by atoms with Gasteiger partial charge in [-0.05, 0) is 43.9 Å². The largest absolute Gasteiger partial charge is 0.491 e. The second-order valence-corrected chi connectivity index (χ2v) is 6.50. The third kappa shape index (κ3) is 8.08. The number of ether oxygens (including phenoxy) is 3. The average Bonchev–Trinajstić information content (AvgIpc) is 2.69. The molecule has 1 aliphatic rings. The second kappa shape index (κ2) is 13.9. The van der Waals surface area contributed by atoms with Crippen molar-refractivity contribution in [1.29, 1.82) is 0 Å². The molecule has 0 unspecified atom stereocenters. The van der Waals surface area contributed by atoms with Crippen LogP contribution >= 0.6 is 24.0 Å². The number of hydrogen-bond donors (Lipinski definition) is 1. The lowest BCUT2D eigenvalue weighted by atomic mass is 10.1. The lowest BCUT2D eigenvalue weighted by Crippen LogP contribution is -2.46. The molecule has 1 saturated heterocycles. The van der Waals surface area contributed by atoms with E-state index in [0.29, 0.717) is 25.0 Å². The van der Waals surface area contributed by atoms with E-state index in [2.05, 4.69) is 15.2 Å². The highest BCUT2D eigenvalue weighted by Crippen LogP contribution is 2.18. The highest BCUT2D eigenvalue weighted by Gasteiger charge is 2.21. The van der Waals surface area contributed by atoms with Crippen LogP contribution in [0.2, 0.25) is 0 Å². The molecule has 6 nitrogen and oxygen atoms in total. The fraction of sp³-hybridized carbons (Fsp3) is 0.650. The Morgan fingerprint density at radius 2 is 2.04 bits per heavy atom. The molecule has 1 N–H and O–H groups in total. The molecule has 2 rings (SSSR count). The van der Waals surface area contributed by atoms with E-state index in [-0.39, 0.29) is 29.8 Å². The standard InChI is InChI=1S/C20H32FN3O3.HI/c1-4-26-19-7-6-16(14-18(19)21)15-23-20(22-2)24-10-8-17(9-11-24)27-13-5-12-25-3;/h6-7,14,17H,4-5,8-13,15H2,1-3H3,(H,22,23);1H. The van der Waals surface area contributed by atoms with Crippen LogP contribution in [0.4, 0.5) is 4.39 Å². The number of benzene rings is 1. The summed E-state index contributed by atoms with van der Waals surface area (Å²) in [6.07, 6.45) is 3.19. The van der Waals surface area contributed by atoms with Crippen LogP contribution in [0.3, 0.4) is 0 Å². The van der Waals surface area contributed by atoms with Gasteiger partial charge in [-0.3, -0.25) is 4.99 Å². The Balaban J connectivity index is 0.00000392. The summed E-state index contributed by atoms with van der Waals surface area (Å²) in [4.78, 5) is 6.59. The van der Waals surface area contributed by atoms with Gasteiger partial charge in [0.1, 0.15) is 0 Å². The van der Waals surface area contributed by atoms with Gasteiger partial charge < -0.3 is 24.4 Å². The molecular weight excluding hydrogens is 476 g/mol. The van der Waals surface area contributed by atoms with E-state index in [1.165, 1.54) is 6.07 Å². The van der Waals surface area contributed by atoms with Gasteiger partial charge in [-0.25, -0.2) is 4.39 Å². The van der Waals surface area contributed by atoms with E-state index in [1.807, 2.05) is 13.0 Å². The average molecular weight is 509 g/mol. The lowest BCUT2D eigenvalue weighted by Gasteiger charge is -2.34. The van der Waals surface area contributed by atoms with Gasteiger partial charge in [0.25, 0.3) is 0 Å². The molecule has 0 atom stereocenters. The molecule has 1 aromatic rings. The van der Waals surface area contributed by atoms with Crippen LogP contribution < -0.4 is 10.1 Å². The molecule has 28 heavy (non-hydrogen) atoms. The smallest absolute Gasteiger partial charge is 0.193 e. The van der Waals surface area contributed by atoms with Gasteiger partial charge in [-0.15, -0.1) is 24.0 Å². The quantitative estimate of drug-likeness (QED) is 0.239. The zero-order chi connectivity index (χ0) is 19.5. The van der Waals surface area contributed by atoms with Crippen LogP contribution in [0.15, 0.2) is 23.2 Å². The molecule has 0 spiro atoms. The Kier molecular flexibility index (Phi) is 12.4. The maximum absolute atomic E-state index is 14.0. The monoisotopic (exact) mass is 509 g/mol. The van der Waals surface area contributed by atoms with Gasteiger partial charge in [0, 0.05) is 47.0 Å². The first-order chi connectivity index (χ1) is 13.2. The number of likely N-dealkylation sites (tertiary alicyclic amines) is 1. The third-order valence-electron chi connectivity index (χ3n) is 4.55. The molecule has 0 amide bonds. The maximum atomic E-state index is 14.0. The summed E-state index contributed by atoms with van der Waals surface area (Å²) in [5.74, 6) is 0.790. The number of guanidine groups is 1. The Labute approximate surface area is 184 Å². The van der Waals surface area contributed by atoms with Crippen LogP contribution in [0.1, 0.15) is 31.7 Å². The molecule has 1 heterocycles. The van der Waals surface area contributed by atoms with Gasteiger partial charge in [-0.2, -0.15) is 0 Å². The number of hydrogen-bond acceptors (Lipinski definition) is 4. The molecule has 1 aromatic carbocycles. The molecule has 1 aliphatic heterocycles. The minimum atomic E-state index is -0.336. The molecule has 1 fully saturated rings. The Hall–Kier alpha value is -1.13. The van der Waals surface area contributed by atoms with Gasteiger partial charge >= 0.3 is 0 Å². The predicted octanol–water partition coefficient (Wildman–Crippen LogP) is 3.44. The van der Waals surface area contributed by atoms with E-state index in [0.717, 1.165) is 57.1 Å². The highest BCUT2D eigenvalue weighted by atomic mass is 127. The number of halogens is 2. The molecule has 8 heteroatoms. The minimum absolute atomic E-state index is 0. The fourth-order valence-electron chi connectivity index (χ4n) is 3.13. The van der Waals surface area contributed by atoms with E-state index in [1.54, 1.807) is 20.2 Å². The second-order valence-electron chi connectivity index (χ2n) is 6.50. The minimum Gasteiger partial charge on any atom is -0.491 e. The zero-order valence-electron chi connectivity index (χ0n) is 17.1. The third-order valence-corrected chi connectivity index (χ3v) is 4.55. The summed E-state index contributed by atoms with van der Waals surface area (Å²) in [5.41, 5.74) is 0.855. The molecule has 160 valence electrons. The number of methoxy groups -OCH3 is 1. The molecule has 0 bridgehead atoms. The van der Waals surface area contributed by atoms with Gasteiger partial charge in [0.15, 0.2) is 17.5 Å². The van der Waals surface area contributed by atoms with Crippen molar-refractivity contribution in [1.82, 2.24) is 10.2 Å². The van der Waals surface area contributed by atoms with Crippen LogP contribution in [0.25, 0.3) is 0 Å². The Morgan fingerprint density at radius 3 is 2.64 bits per heavy atom. The SMILES string of the molecule is CCOc1ccc(CNC(=NC)N2CCC(OCCCOC)CC2)cc1F.I. The van der Waals surface area contributed by atoms with Crippen LogP contribution in [-0.2, 0) is 16.0 Å². The van der Waals surface area contributed by atoms with Crippen LogP contribution in [0, 0.1) is 5.82 Å². The Morgan fingerprint density at radius 1 is 1.29 bits per heavy atom. The first kappa shape index (κ1) is 24.9. The number of nitrogens with one attached hydrogen (secondary N) is 1. The van der Waals surface area contributed by atoms with Gasteiger partial charge in [0.2, 0.25) is 0 Å². The van der Waals surface area contributed by atoms with Gasteiger partial charge in [0.05, 0.1) is 12.7 Å². The summed E-state index contributed by atoms with van der Waals surface area (Å²) in [5, 5.41) is 3.32. The summed E-state index contributed by atoms with van der Waals surface area (Å²) < 4.78 is 30.2. The fourth-order valence-corrected chi connectivity index (χ4v) is 3.13. The normalized spacial score (nSPS) is 15.3. The summed E-state index contributed by atoms with van der Waals surface area (Å²) >= 11 is 0. The molecular formula is C20H33FIN3O3. The summed E-state index contributed by atoms with van der Waals surface area (Å²) in [6, 6.07) is 5.05. The first-order valence-electron chi connectivity index (χ1n) is 9.65. The van der Waals surface area contributed by atoms with Crippen molar-refractivity contribution in [3.05, 3.63) is 29.6 Å². The highest BCUT2D eigenvalue weighted by molar-refractivity contribution is 14.0. The van der Waals surface area contributed by atoms with Crippen molar-refractivity contribution in [3.8, 4) is 5.75 Å². The number of rotatable bonds is 9. The summed E-state index contributed by atoms with van der Waals surface area (Å²) in [7, 11) is 3.48. The number of nitrogens with zero attached hydrogens (tertiary/aromatic N) is 2. The zero-order valence-corrected chi connectivity index (χ0v) is 19.4. The van der Waals surface area contributed by atoms with E-state index < -0.39 is 0 Å². The molecule has 0 aromatic heterocycles. The number of aliphatic imine (C=N–C) groups is 1. The maximum Gasteiger partial charge on any atom is 0.193 e. The Bertz CT molecular complexity index is 596. The van der Waals surface area contributed by atoms with Crippen molar-refractivity contribution >= 4 is 29.9 Å². The van der Waals surface area contributed by atoms with Crippen molar-refractivity contribution < 1.29 is 18.6 Å². The van der Waals surface area contributed by atoms with Crippen molar-refractivity contribution in [2.75, 3.05) is 47.1 Å². The van der Waals surface area contributed by atoms with Crippen LogP contribution in [-0.4, -0.2) is 64.0 Å². The predicted molar refractivity (Wildman–Crippen MR) is 120 cm³/mol. The molecule has 0 aliphatic carbocycles. The molecule has 0 saturated carbocycles. The van der Waals surface area contributed by atoms with Crippen molar-refractivity contribution in [2.24, 2.45) is 4.99 Å². The van der Waals surface area contributed by atoms with Crippen molar-refractivity contribution in [3.63, 3.8) is 0 Å². The summed E-state index contributed by atoms with van der Waals surface area (Å²) in [6.45, 7) is 6.08. The van der Waals surface area contributed by atoms with E-state index in [4.69, 9.17) is 14.2 Å². The van der Waals surface area contributed by atoms with E-state index in [9.17, 15) is 4.39 Å². The molecule has 0 radical (unpaired) electrons. The first-order valence-corrected chi connectivity index (χ1v) is 9.65. The van der Waals surface area contributed by atoms with Crippen LogP contribution in [0.5, 0.6) is 5.75 Å². The number of piperidine rings is 1.